The third kappa shape index (κ3) is 1.14. The second-order valence-corrected chi connectivity index (χ2v) is 2.23. The zero-order chi connectivity index (χ0) is 7.72. The summed E-state index contributed by atoms with van der Waals surface area (Å²) >= 11 is 0. The molecule has 1 rings (SSSR count). The van der Waals surface area contributed by atoms with Gasteiger partial charge in [-0.3, -0.25) is 0 Å². The quantitative estimate of drug-likeness (QED) is 0.329. The van der Waals surface area contributed by atoms with E-state index in [0.717, 1.165) is 0 Å². The van der Waals surface area contributed by atoms with Crippen LogP contribution >= 0.6 is 0 Å². The standard InChI is InChI=1S/C5H10O5/c6-1-2-3(7)4(8)5(9)10-2/h2-9H,1H2/t2-,3+,4-,5+/m0/s1. The maximum atomic E-state index is 8.93. The highest BCUT2D eigenvalue weighted by atomic mass is 16.6. The molecule has 1 saturated heterocycles. The SMILES string of the molecule is OC[C@@H]1O[C@@H](O)[C@@H](O)[C@@H]1O. The van der Waals surface area contributed by atoms with Gasteiger partial charge in [0.1, 0.15) is 18.3 Å². The zero-order valence-electron chi connectivity index (χ0n) is 5.21. The van der Waals surface area contributed by atoms with Gasteiger partial charge in [0.2, 0.25) is 0 Å². The second-order valence-electron chi connectivity index (χ2n) is 2.23. The van der Waals surface area contributed by atoms with Gasteiger partial charge in [-0.05, 0) is 0 Å². The van der Waals surface area contributed by atoms with E-state index in [1.807, 2.05) is 0 Å². The molecule has 5 heteroatoms. The molecule has 0 bridgehead atoms. The number of aliphatic hydroxyl groups is 4. The average molecular weight is 150 g/mol. The molecule has 5 nitrogen and oxygen atoms in total. The number of hydrogen-bond acceptors (Lipinski definition) is 5. The monoisotopic (exact) mass is 150 g/mol. The van der Waals surface area contributed by atoms with Gasteiger partial charge in [-0.2, -0.15) is 0 Å². The fraction of sp³-hybridized carbons (Fsp3) is 1.00. The first-order chi connectivity index (χ1) is 4.66. The molecule has 1 heterocycles. The molecule has 10 heavy (non-hydrogen) atoms. The minimum absolute atomic E-state index is 0.407. The maximum Gasteiger partial charge on any atom is 0.184 e. The number of hydrogen-bond donors (Lipinski definition) is 4. The molecule has 0 aliphatic carbocycles. The largest absolute Gasteiger partial charge is 0.394 e. The van der Waals surface area contributed by atoms with E-state index < -0.39 is 31.2 Å². The highest BCUT2D eigenvalue weighted by molar-refractivity contribution is 4.84. The first kappa shape index (κ1) is 7.90. The van der Waals surface area contributed by atoms with Crippen LogP contribution in [0.2, 0.25) is 0 Å². The summed E-state index contributed by atoms with van der Waals surface area (Å²) < 4.78 is 4.54. The van der Waals surface area contributed by atoms with Crippen LogP contribution in [0, 0.1) is 0 Å². The van der Waals surface area contributed by atoms with Crippen LogP contribution in [0.3, 0.4) is 0 Å². The van der Waals surface area contributed by atoms with Gasteiger partial charge < -0.3 is 25.2 Å². The lowest BCUT2D eigenvalue weighted by Crippen LogP contribution is -2.33. The molecule has 0 aromatic carbocycles. The fourth-order valence-electron chi connectivity index (χ4n) is 0.880. The number of ether oxygens (including phenoxy) is 1. The molecular weight excluding hydrogens is 140 g/mol. The molecule has 0 aromatic heterocycles. The Hall–Kier alpha value is -0.200. The van der Waals surface area contributed by atoms with Crippen molar-refractivity contribution in [3.05, 3.63) is 0 Å². The van der Waals surface area contributed by atoms with Crippen LogP contribution in [0.25, 0.3) is 0 Å². The molecule has 4 N–H and O–H groups in total. The molecule has 0 aromatic rings. The van der Waals surface area contributed by atoms with Crippen molar-refractivity contribution in [3.63, 3.8) is 0 Å². The van der Waals surface area contributed by atoms with Gasteiger partial charge in [-0.1, -0.05) is 0 Å². The zero-order valence-corrected chi connectivity index (χ0v) is 5.21. The van der Waals surface area contributed by atoms with Gasteiger partial charge in [-0.15, -0.1) is 0 Å². The summed E-state index contributed by atoms with van der Waals surface area (Å²) in [7, 11) is 0. The number of rotatable bonds is 1. The third-order valence-electron chi connectivity index (χ3n) is 1.52. The van der Waals surface area contributed by atoms with Crippen molar-refractivity contribution in [1.82, 2.24) is 0 Å². The molecule has 4 atom stereocenters. The van der Waals surface area contributed by atoms with Crippen LogP contribution in [0.15, 0.2) is 0 Å². The molecule has 0 unspecified atom stereocenters. The molecule has 0 amide bonds. The average Bonchev–Trinajstić information content (AvgIpc) is 2.17. The van der Waals surface area contributed by atoms with Crippen LogP contribution in [0.1, 0.15) is 0 Å². The lowest BCUT2D eigenvalue weighted by molar-refractivity contribution is -0.132. The molecule has 0 saturated carbocycles. The van der Waals surface area contributed by atoms with Gasteiger partial charge >= 0.3 is 0 Å². The summed E-state index contributed by atoms with van der Waals surface area (Å²) in [6.07, 6.45) is -4.76. The van der Waals surface area contributed by atoms with E-state index >= 15 is 0 Å². The van der Waals surface area contributed by atoms with Gasteiger partial charge in [0.25, 0.3) is 0 Å². The van der Waals surface area contributed by atoms with Crippen LogP contribution in [-0.2, 0) is 4.74 Å². The Labute approximate surface area is 57.5 Å². The van der Waals surface area contributed by atoms with Crippen LogP contribution in [0.5, 0.6) is 0 Å². The predicted molar refractivity (Wildman–Crippen MR) is 30.0 cm³/mol. The van der Waals surface area contributed by atoms with Crippen molar-refractivity contribution < 1.29 is 25.2 Å². The molecule has 1 aliphatic heterocycles. The fourth-order valence-corrected chi connectivity index (χ4v) is 0.880. The summed E-state index contributed by atoms with van der Waals surface area (Å²) in [5, 5.41) is 35.0. The molecule has 0 spiro atoms. The summed E-state index contributed by atoms with van der Waals surface area (Å²) in [4.78, 5) is 0. The minimum Gasteiger partial charge on any atom is -0.394 e. The molecule has 60 valence electrons. The first-order valence-electron chi connectivity index (χ1n) is 2.97. The highest BCUT2D eigenvalue weighted by Gasteiger charge is 2.41. The van der Waals surface area contributed by atoms with Crippen LogP contribution in [-0.4, -0.2) is 51.6 Å². The Balaban J connectivity index is 2.53. The van der Waals surface area contributed by atoms with Crippen LogP contribution in [0.4, 0.5) is 0 Å². The van der Waals surface area contributed by atoms with E-state index in [4.69, 9.17) is 20.4 Å². The normalized spacial score (nSPS) is 48.0. The summed E-state index contributed by atoms with van der Waals surface area (Å²) in [6.45, 7) is -0.407. The van der Waals surface area contributed by atoms with Crippen molar-refractivity contribution in [2.24, 2.45) is 0 Å². The van der Waals surface area contributed by atoms with Gasteiger partial charge in [0, 0.05) is 0 Å². The maximum absolute atomic E-state index is 8.93. The molecule has 0 radical (unpaired) electrons. The van der Waals surface area contributed by atoms with Crippen molar-refractivity contribution in [3.8, 4) is 0 Å². The summed E-state index contributed by atoms with van der Waals surface area (Å²) in [5.41, 5.74) is 0. The number of aliphatic hydroxyl groups excluding tert-OH is 4. The molecule has 1 fully saturated rings. The summed E-state index contributed by atoms with van der Waals surface area (Å²) in [6, 6.07) is 0. The van der Waals surface area contributed by atoms with Gasteiger partial charge in [0.05, 0.1) is 6.61 Å². The van der Waals surface area contributed by atoms with Crippen LogP contribution < -0.4 is 0 Å². The van der Waals surface area contributed by atoms with Crippen molar-refractivity contribution in [2.75, 3.05) is 6.61 Å². The van der Waals surface area contributed by atoms with E-state index in [-0.39, 0.29) is 0 Å². The lowest BCUT2D eigenvalue weighted by atomic mass is 10.1. The van der Waals surface area contributed by atoms with E-state index in [2.05, 4.69) is 4.74 Å². The Kier molecular flexibility index (Phi) is 2.22. The smallest absolute Gasteiger partial charge is 0.184 e. The molecule has 1 aliphatic rings. The minimum atomic E-state index is -1.38. The van der Waals surface area contributed by atoms with Gasteiger partial charge in [-0.25, -0.2) is 0 Å². The van der Waals surface area contributed by atoms with Crippen molar-refractivity contribution in [1.29, 1.82) is 0 Å². The first-order valence-corrected chi connectivity index (χ1v) is 2.97. The van der Waals surface area contributed by atoms with Crippen molar-refractivity contribution in [2.45, 2.75) is 24.6 Å². The second kappa shape index (κ2) is 2.81. The Morgan fingerprint density at radius 1 is 1.10 bits per heavy atom. The Morgan fingerprint density at radius 3 is 1.90 bits per heavy atom. The highest BCUT2D eigenvalue weighted by Crippen LogP contribution is 2.18. The topological polar surface area (TPSA) is 90.2 Å². The predicted octanol–water partition coefficient (Wildman–Crippen LogP) is -2.58. The summed E-state index contributed by atoms with van der Waals surface area (Å²) in [5.74, 6) is 0. The van der Waals surface area contributed by atoms with Crippen molar-refractivity contribution >= 4 is 0 Å². The lowest BCUT2D eigenvalue weighted by Gasteiger charge is -2.09. The van der Waals surface area contributed by atoms with E-state index in [1.165, 1.54) is 0 Å². The van der Waals surface area contributed by atoms with E-state index in [1.54, 1.807) is 0 Å². The van der Waals surface area contributed by atoms with E-state index in [0.29, 0.717) is 0 Å². The van der Waals surface area contributed by atoms with Gasteiger partial charge in [0.15, 0.2) is 6.29 Å². The van der Waals surface area contributed by atoms with E-state index in [9.17, 15) is 0 Å². The Bertz CT molecular complexity index is 117. The molecular formula is C5H10O5. The third-order valence-corrected chi connectivity index (χ3v) is 1.52. The Morgan fingerprint density at radius 2 is 1.70 bits per heavy atom.